The molecule has 0 saturated heterocycles. The minimum atomic E-state index is -0.0292. The molecule has 0 N–H and O–H groups in total. The van der Waals surface area contributed by atoms with Crippen LogP contribution in [0.4, 0.5) is 0 Å². The Morgan fingerprint density at radius 3 is 1.84 bits per heavy atom. The molecule has 1 aliphatic carbocycles. The average Bonchev–Trinajstić information content (AvgIpc) is 3.42. The van der Waals surface area contributed by atoms with Crippen LogP contribution in [0, 0.1) is 0 Å². The molecule has 0 aliphatic heterocycles. The summed E-state index contributed by atoms with van der Waals surface area (Å²) in [6, 6.07) is 58.4. The highest BCUT2D eigenvalue weighted by Crippen LogP contribution is 2.49. The maximum absolute atomic E-state index is 5.33. The highest BCUT2D eigenvalue weighted by atomic mass is 15.0. The van der Waals surface area contributed by atoms with Crippen LogP contribution in [0.1, 0.15) is 25.0 Å². The fraction of sp³-hybridized carbons (Fsp3) is 0.0625. The van der Waals surface area contributed by atoms with Crippen LogP contribution in [0.5, 0.6) is 0 Å². The van der Waals surface area contributed by atoms with E-state index in [4.69, 9.17) is 15.0 Å². The summed E-state index contributed by atoms with van der Waals surface area (Å²) >= 11 is 0. The highest BCUT2D eigenvalue weighted by Gasteiger charge is 2.35. The van der Waals surface area contributed by atoms with E-state index >= 15 is 0 Å². The van der Waals surface area contributed by atoms with E-state index in [1.54, 1.807) is 0 Å². The van der Waals surface area contributed by atoms with Gasteiger partial charge in [0.25, 0.3) is 0 Å². The van der Waals surface area contributed by atoms with E-state index < -0.39 is 0 Å². The van der Waals surface area contributed by atoms with Crippen LogP contribution in [0.15, 0.2) is 164 Å². The molecule has 1 aromatic heterocycles. The average molecular weight is 652 g/mol. The van der Waals surface area contributed by atoms with Gasteiger partial charge in [-0.15, -0.1) is 0 Å². The Hall–Kier alpha value is -6.45. The van der Waals surface area contributed by atoms with Crippen molar-refractivity contribution in [2.24, 2.45) is 0 Å². The molecule has 3 nitrogen and oxygen atoms in total. The molecule has 240 valence electrons. The largest absolute Gasteiger partial charge is 0.208 e. The molecular formula is C48H33N3. The van der Waals surface area contributed by atoms with Gasteiger partial charge in [0.1, 0.15) is 0 Å². The van der Waals surface area contributed by atoms with Gasteiger partial charge in [0.2, 0.25) is 0 Å². The number of benzene rings is 8. The SMILES string of the molecule is CC1(C)c2ccccc2-c2cc(-c3cccc(-c4nc(-c5ccccc5)nc(-c5c6ccccc6cc6ccc7ccccc7c56)n4)c3)ccc21. The van der Waals surface area contributed by atoms with Crippen LogP contribution in [0.3, 0.4) is 0 Å². The lowest BCUT2D eigenvalue weighted by atomic mass is 9.82. The first-order valence-electron chi connectivity index (χ1n) is 17.5. The molecule has 1 aliphatic rings. The second kappa shape index (κ2) is 11.3. The molecule has 3 heteroatoms. The van der Waals surface area contributed by atoms with Crippen LogP contribution in [0.2, 0.25) is 0 Å². The summed E-state index contributed by atoms with van der Waals surface area (Å²) in [4.78, 5) is 15.7. The van der Waals surface area contributed by atoms with Gasteiger partial charge < -0.3 is 0 Å². The number of rotatable bonds is 4. The van der Waals surface area contributed by atoms with E-state index in [0.717, 1.165) is 43.8 Å². The Morgan fingerprint density at radius 2 is 0.980 bits per heavy atom. The van der Waals surface area contributed by atoms with Crippen molar-refractivity contribution in [1.29, 1.82) is 0 Å². The number of fused-ring (bicyclic) bond motifs is 7. The van der Waals surface area contributed by atoms with Gasteiger partial charge in [0, 0.05) is 27.5 Å². The predicted octanol–water partition coefficient (Wildman–Crippen LogP) is 12.3. The zero-order chi connectivity index (χ0) is 34.1. The first-order chi connectivity index (χ1) is 25.0. The van der Waals surface area contributed by atoms with Gasteiger partial charge in [-0.3, -0.25) is 0 Å². The van der Waals surface area contributed by atoms with E-state index in [9.17, 15) is 0 Å². The lowest BCUT2D eigenvalue weighted by Gasteiger charge is -2.21. The first kappa shape index (κ1) is 29.5. The number of nitrogens with zero attached hydrogens (tertiary/aromatic N) is 3. The second-order valence-corrected chi connectivity index (χ2v) is 14.0. The van der Waals surface area contributed by atoms with Gasteiger partial charge in [0.05, 0.1) is 0 Å². The van der Waals surface area contributed by atoms with Crippen molar-refractivity contribution in [3.8, 4) is 56.4 Å². The molecule has 0 bridgehead atoms. The second-order valence-electron chi connectivity index (χ2n) is 14.0. The number of hydrogen-bond acceptors (Lipinski definition) is 3. The van der Waals surface area contributed by atoms with Crippen LogP contribution in [0.25, 0.3) is 88.7 Å². The lowest BCUT2D eigenvalue weighted by molar-refractivity contribution is 0.660. The van der Waals surface area contributed by atoms with Gasteiger partial charge in [-0.05, 0) is 78.5 Å². The Bertz CT molecular complexity index is 2830. The lowest BCUT2D eigenvalue weighted by Crippen LogP contribution is -2.14. The molecule has 1 heterocycles. The molecule has 0 atom stereocenters. The molecule has 10 rings (SSSR count). The van der Waals surface area contributed by atoms with Crippen LogP contribution in [-0.4, -0.2) is 15.0 Å². The fourth-order valence-electron chi connectivity index (χ4n) is 8.14. The summed E-state index contributed by atoms with van der Waals surface area (Å²) in [6.45, 7) is 4.64. The summed E-state index contributed by atoms with van der Waals surface area (Å²) in [6.07, 6.45) is 0. The molecule has 0 amide bonds. The molecule has 51 heavy (non-hydrogen) atoms. The van der Waals surface area contributed by atoms with E-state index in [0.29, 0.717) is 17.5 Å². The summed E-state index contributed by atoms with van der Waals surface area (Å²) in [5, 5.41) is 6.95. The van der Waals surface area contributed by atoms with Crippen molar-refractivity contribution < 1.29 is 0 Å². The van der Waals surface area contributed by atoms with Gasteiger partial charge in [0.15, 0.2) is 17.5 Å². The number of aromatic nitrogens is 3. The monoisotopic (exact) mass is 651 g/mol. The van der Waals surface area contributed by atoms with Crippen molar-refractivity contribution in [2.75, 3.05) is 0 Å². The molecule has 0 saturated carbocycles. The minimum absolute atomic E-state index is 0.0292. The maximum atomic E-state index is 5.33. The summed E-state index contributed by atoms with van der Waals surface area (Å²) in [5.41, 5.74) is 10.6. The molecule has 9 aromatic rings. The third-order valence-corrected chi connectivity index (χ3v) is 10.7. The third kappa shape index (κ3) is 4.69. The standard InChI is InChI=1S/C48H33N3/c1-48(2)41-22-11-10-21-39(41)40-29-33(25-26-42(40)48)32-17-12-18-36(27-32)46-49-45(31-14-4-3-5-15-31)50-47(51-46)44-38-20-9-7-16-34(38)28-35-24-23-30-13-6-8-19-37(30)43(35)44/h3-29H,1-2H3. The van der Waals surface area contributed by atoms with Crippen LogP contribution < -0.4 is 0 Å². The minimum Gasteiger partial charge on any atom is -0.208 e. The van der Waals surface area contributed by atoms with Crippen molar-refractivity contribution in [1.82, 2.24) is 15.0 Å². The molecule has 0 unspecified atom stereocenters. The van der Waals surface area contributed by atoms with Gasteiger partial charge >= 0.3 is 0 Å². The van der Waals surface area contributed by atoms with Gasteiger partial charge in [-0.25, -0.2) is 15.0 Å². The quantitative estimate of drug-likeness (QED) is 0.140. The predicted molar refractivity (Wildman–Crippen MR) is 212 cm³/mol. The number of hydrogen-bond donors (Lipinski definition) is 0. The van der Waals surface area contributed by atoms with E-state index in [2.05, 4.69) is 159 Å². The van der Waals surface area contributed by atoms with Gasteiger partial charge in [-0.1, -0.05) is 159 Å². The Labute approximate surface area is 297 Å². The Kier molecular flexibility index (Phi) is 6.53. The van der Waals surface area contributed by atoms with Crippen molar-refractivity contribution >= 4 is 32.3 Å². The van der Waals surface area contributed by atoms with E-state index in [1.807, 2.05) is 18.2 Å². The summed E-state index contributed by atoms with van der Waals surface area (Å²) < 4.78 is 0. The molecule has 0 radical (unpaired) electrons. The normalized spacial score (nSPS) is 13.1. The molecule has 0 fully saturated rings. The summed E-state index contributed by atoms with van der Waals surface area (Å²) in [7, 11) is 0. The molecular weight excluding hydrogens is 619 g/mol. The van der Waals surface area contributed by atoms with Crippen LogP contribution in [-0.2, 0) is 5.41 Å². The van der Waals surface area contributed by atoms with Crippen LogP contribution >= 0.6 is 0 Å². The maximum Gasteiger partial charge on any atom is 0.165 e. The van der Waals surface area contributed by atoms with Gasteiger partial charge in [-0.2, -0.15) is 0 Å². The molecule has 0 spiro atoms. The smallest absolute Gasteiger partial charge is 0.165 e. The zero-order valence-electron chi connectivity index (χ0n) is 28.4. The van der Waals surface area contributed by atoms with E-state index in [1.165, 1.54) is 38.6 Å². The first-order valence-corrected chi connectivity index (χ1v) is 17.5. The molecule has 8 aromatic carbocycles. The Morgan fingerprint density at radius 1 is 0.373 bits per heavy atom. The Balaban J connectivity index is 1.20. The topological polar surface area (TPSA) is 38.7 Å². The third-order valence-electron chi connectivity index (χ3n) is 10.7. The highest BCUT2D eigenvalue weighted by molar-refractivity contribution is 6.21. The fourth-order valence-corrected chi connectivity index (χ4v) is 8.14. The zero-order valence-corrected chi connectivity index (χ0v) is 28.4. The van der Waals surface area contributed by atoms with Crippen molar-refractivity contribution in [3.05, 3.63) is 175 Å². The van der Waals surface area contributed by atoms with E-state index in [-0.39, 0.29) is 5.41 Å². The van der Waals surface area contributed by atoms with Crippen molar-refractivity contribution in [2.45, 2.75) is 19.3 Å². The summed E-state index contributed by atoms with van der Waals surface area (Å²) in [5.74, 6) is 1.96. The van der Waals surface area contributed by atoms with Crippen molar-refractivity contribution in [3.63, 3.8) is 0 Å².